The number of unbranched alkanes of at least 4 members (excludes halogenated alkanes) is 1. The summed E-state index contributed by atoms with van der Waals surface area (Å²) in [4.78, 5) is 19.2. The van der Waals surface area contributed by atoms with E-state index in [0.717, 1.165) is 48.9 Å². The third-order valence-electron chi connectivity index (χ3n) is 5.36. The number of oxazole rings is 1. The first kappa shape index (κ1) is 17.8. The van der Waals surface area contributed by atoms with E-state index in [1.165, 1.54) is 11.1 Å². The molecule has 27 heavy (non-hydrogen) atoms. The maximum atomic E-state index is 12.5. The number of aryl methyl sites for hydroxylation is 1. The Morgan fingerprint density at radius 3 is 2.89 bits per heavy atom. The number of nitrogens with zero attached hydrogens (tertiary/aromatic N) is 2. The van der Waals surface area contributed by atoms with E-state index in [4.69, 9.17) is 9.40 Å². The maximum Gasteiger partial charge on any atom is 0.223 e. The van der Waals surface area contributed by atoms with Crippen LogP contribution in [0.15, 0.2) is 46.9 Å². The largest absolute Gasteiger partial charge is 0.438 e. The molecule has 140 valence electrons. The molecule has 2 aromatic carbocycles. The van der Waals surface area contributed by atoms with Crippen molar-refractivity contribution >= 4 is 17.0 Å². The van der Waals surface area contributed by atoms with Gasteiger partial charge in [0.2, 0.25) is 11.8 Å². The van der Waals surface area contributed by atoms with Crippen molar-refractivity contribution in [2.75, 3.05) is 6.54 Å². The fourth-order valence-corrected chi connectivity index (χ4v) is 3.89. The van der Waals surface area contributed by atoms with Gasteiger partial charge in [0, 0.05) is 13.0 Å². The van der Waals surface area contributed by atoms with Gasteiger partial charge in [-0.15, -0.1) is 0 Å². The van der Waals surface area contributed by atoms with Crippen LogP contribution >= 0.6 is 0 Å². The zero-order valence-electron chi connectivity index (χ0n) is 16.1. The average molecular weight is 362 g/mol. The van der Waals surface area contributed by atoms with Gasteiger partial charge in [0.25, 0.3) is 0 Å². The number of aromatic nitrogens is 1. The highest BCUT2D eigenvalue weighted by Gasteiger charge is 2.33. The van der Waals surface area contributed by atoms with Crippen LogP contribution in [-0.4, -0.2) is 22.3 Å². The minimum Gasteiger partial charge on any atom is -0.438 e. The maximum absolute atomic E-state index is 12.5. The predicted molar refractivity (Wildman–Crippen MR) is 107 cm³/mol. The lowest BCUT2D eigenvalue weighted by atomic mass is 10.0. The van der Waals surface area contributed by atoms with E-state index in [1.807, 2.05) is 11.0 Å². The molecule has 1 saturated heterocycles. The Balaban J connectivity index is 1.62. The van der Waals surface area contributed by atoms with Crippen molar-refractivity contribution in [3.05, 3.63) is 53.9 Å². The number of benzene rings is 2. The molecule has 3 aromatic rings. The topological polar surface area (TPSA) is 46.3 Å². The van der Waals surface area contributed by atoms with Gasteiger partial charge in [0.05, 0.1) is 0 Å². The summed E-state index contributed by atoms with van der Waals surface area (Å²) in [5.74, 6) is 0.899. The van der Waals surface area contributed by atoms with E-state index >= 15 is 0 Å². The van der Waals surface area contributed by atoms with Crippen molar-refractivity contribution in [3.8, 4) is 11.1 Å². The molecule has 0 bridgehead atoms. The molecule has 4 heteroatoms. The van der Waals surface area contributed by atoms with Crippen LogP contribution in [0.5, 0.6) is 0 Å². The van der Waals surface area contributed by atoms with Crippen LogP contribution in [0.25, 0.3) is 22.2 Å². The van der Waals surface area contributed by atoms with E-state index in [2.05, 4.69) is 50.2 Å². The number of carbonyl (C=O) groups excluding carboxylic acids is 1. The summed E-state index contributed by atoms with van der Waals surface area (Å²) < 4.78 is 6.05. The fourth-order valence-electron chi connectivity index (χ4n) is 3.89. The van der Waals surface area contributed by atoms with E-state index in [-0.39, 0.29) is 11.9 Å². The second-order valence-corrected chi connectivity index (χ2v) is 7.45. The van der Waals surface area contributed by atoms with Gasteiger partial charge in [-0.2, -0.15) is 0 Å². The molecule has 4 nitrogen and oxygen atoms in total. The van der Waals surface area contributed by atoms with Crippen molar-refractivity contribution in [3.63, 3.8) is 0 Å². The van der Waals surface area contributed by atoms with Crippen LogP contribution in [0.4, 0.5) is 0 Å². The number of fused-ring (bicyclic) bond motifs is 1. The number of rotatable bonds is 5. The van der Waals surface area contributed by atoms with Gasteiger partial charge < -0.3 is 9.32 Å². The highest BCUT2D eigenvalue weighted by atomic mass is 16.3. The van der Waals surface area contributed by atoms with Crippen LogP contribution in [0.3, 0.4) is 0 Å². The third-order valence-corrected chi connectivity index (χ3v) is 5.36. The van der Waals surface area contributed by atoms with E-state index < -0.39 is 0 Å². The van der Waals surface area contributed by atoms with Crippen LogP contribution in [0.2, 0.25) is 0 Å². The van der Waals surface area contributed by atoms with Gasteiger partial charge in [0.1, 0.15) is 11.6 Å². The Hall–Kier alpha value is -2.62. The molecule has 1 amide bonds. The summed E-state index contributed by atoms with van der Waals surface area (Å²) in [6.07, 6.45) is 4.53. The molecule has 0 saturated carbocycles. The molecule has 1 aliphatic heterocycles. The molecule has 1 fully saturated rings. The molecule has 1 atom stereocenters. The Kier molecular flexibility index (Phi) is 4.97. The lowest BCUT2D eigenvalue weighted by Crippen LogP contribution is -2.30. The van der Waals surface area contributed by atoms with Gasteiger partial charge in [-0.1, -0.05) is 49.2 Å². The molecule has 0 radical (unpaired) electrons. The van der Waals surface area contributed by atoms with Crippen molar-refractivity contribution in [2.45, 2.75) is 52.0 Å². The van der Waals surface area contributed by atoms with Gasteiger partial charge in [-0.05, 0) is 49.4 Å². The normalized spacial score (nSPS) is 17.0. The first-order valence-corrected chi connectivity index (χ1v) is 9.92. The number of likely N-dealkylation sites (tertiary alicyclic amines) is 1. The van der Waals surface area contributed by atoms with Crippen molar-refractivity contribution in [2.24, 2.45) is 0 Å². The zero-order valence-corrected chi connectivity index (χ0v) is 16.1. The highest BCUT2D eigenvalue weighted by Crippen LogP contribution is 2.35. The molecule has 0 N–H and O–H groups in total. The summed E-state index contributed by atoms with van der Waals surface area (Å²) in [6.45, 7) is 5.02. The lowest BCUT2D eigenvalue weighted by Gasteiger charge is -2.22. The lowest BCUT2D eigenvalue weighted by molar-refractivity contribution is -0.132. The number of hydrogen-bond donors (Lipinski definition) is 0. The molecule has 1 aromatic heterocycles. The first-order chi connectivity index (χ1) is 13.2. The van der Waals surface area contributed by atoms with E-state index in [0.29, 0.717) is 12.3 Å². The standard InChI is InChI=1S/C23H26N2O2/c1-3-4-10-22(26)25-13-6-9-20(25)23-24-19-15-18(11-12-21(19)27-23)17-8-5-7-16(2)14-17/h5,7-8,11-12,14-15,20H,3-4,6,9-10,13H2,1-2H3/t20-/m1/s1. The number of hydrogen-bond acceptors (Lipinski definition) is 3. The molecular weight excluding hydrogens is 336 g/mol. The van der Waals surface area contributed by atoms with Crippen molar-refractivity contribution in [1.29, 1.82) is 0 Å². The molecule has 0 spiro atoms. The molecule has 2 heterocycles. The second kappa shape index (κ2) is 7.55. The molecule has 0 unspecified atom stereocenters. The highest BCUT2D eigenvalue weighted by molar-refractivity contribution is 5.81. The summed E-state index contributed by atoms with van der Waals surface area (Å²) in [5.41, 5.74) is 5.19. The Morgan fingerprint density at radius 2 is 2.07 bits per heavy atom. The molecule has 4 rings (SSSR count). The smallest absolute Gasteiger partial charge is 0.223 e. The van der Waals surface area contributed by atoms with Gasteiger partial charge in [-0.25, -0.2) is 4.98 Å². The Bertz CT molecular complexity index is 960. The predicted octanol–water partition coefficient (Wildman–Crippen LogP) is 5.66. The summed E-state index contributed by atoms with van der Waals surface area (Å²) in [7, 11) is 0. The van der Waals surface area contributed by atoms with Crippen LogP contribution < -0.4 is 0 Å². The number of carbonyl (C=O) groups is 1. The van der Waals surface area contributed by atoms with E-state index in [1.54, 1.807) is 0 Å². The van der Waals surface area contributed by atoms with Crippen LogP contribution in [0, 0.1) is 6.92 Å². The van der Waals surface area contributed by atoms with Crippen LogP contribution in [0.1, 0.15) is 56.5 Å². The van der Waals surface area contributed by atoms with Gasteiger partial charge in [0.15, 0.2) is 5.58 Å². The minimum absolute atomic E-state index is 0.0239. The quantitative estimate of drug-likeness (QED) is 0.588. The van der Waals surface area contributed by atoms with Crippen molar-refractivity contribution < 1.29 is 9.21 Å². The van der Waals surface area contributed by atoms with Crippen LogP contribution in [-0.2, 0) is 4.79 Å². The monoisotopic (exact) mass is 362 g/mol. The summed E-state index contributed by atoms with van der Waals surface area (Å²) in [6, 6.07) is 14.6. The fraction of sp³-hybridized carbons (Fsp3) is 0.391. The summed E-state index contributed by atoms with van der Waals surface area (Å²) in [5, 5.41) is 0. The third kappa shape index (κ3) is 3.61. The Morgan fingerprint density at radius 1 is 1.22 bits per heavy atom. The van der Waals surface area contributed by atoms with E-state index in [9.17, 15) is 4.79 Å². The molecule has 0 aliphatic carbocycles. The minimum atomic E-state index is -0.0239. The zero-order chi connectivity index (χ0) is 18.8. The summed E-state index contributed by atoms with van der Waals surface area (Å²) >= 11 is 0. The van der Waals surface area contributed by atoms with Crippen molar-refractivity contribution in [1.82, 2.24) is 9.88 Å². The second-order valence-electron chi connectivity index (χ2n) is 7.45. The molecular formula is C23H26N2O2. The first-order valence-electron chi connectivity index (χ1n) is 9.92. The van der Waals surface area contributed by atoms with Gasteiger partial charge in [-0.3, -0.25) is 4.79 Å². The Labute approximate surface area is 160 Å². The number of amides is 1. The average Bonchev–Trinajstić information content (AvgIpc) is 3.31. The SMILES string of the molecule is CCCCC(=O)N1CCC[C@@H]1c1nc2cc(-c3cccc(C)c3)ccc2o1. The molecule has 1 aliphatic rings. The van der Waals surface area contributed by atoms with Gasteiger partial charge >= 0.3 is 0 Å².